The lowest BCUT2D eigenvalue weighted by molar-refractivity contribution is -0.135. The zero-order valence-corrected chi connectivity index (χ0v) is 40.6. The highest BCUT2D eigenvalue weighted by atomic mass is 79.9. The summed E-state index contributed by atoms with van der Waals surface area (Å²) in [6, 6.07) is 40.7. The lowest BCUT2D eigenvalue weighted by Gasteiger charge is -2.14. The zero-order chi connectivity index (χ0) is 50.4. The minimum absolute atomic E-state index is 0. The van der Waals surface area contributed by atoms with E-state index in [1.54, 1.807) is 74.0 Å². The number of benzene rings is 6. The molecule has 2 aliphatic carbocycles. The summed E-state index contributed by atoms with van der Waals surface area (Å²) in [7, 11) is 1.54. The Morgan fingerprint density at radius 3 is 1.26 bits per heavy atom. The van der Waals surface area contributed by atoms with Crippen LogP contribution in [0.2, 0.25) is 0 Å². The van der Waals surface area contributed by atoms with Crippen LogP contribution in [0.25, 0.3) is 21.8 Å². The van der Waals surface area contributed by atoms with E-state index in [2.05, 4.69) is 36.5 Å². The van der Waals surface area contributed by atoms with Crippen molar-refractivity contribution >= 4 is 72.6 Å². The Labute approximate surface area is 436 Å². The fourth-order valence-electron chi connectivity index (χ4n) is 8.57. The molecule has 10 rings (SSSR count). The van der Waals surface area contributed by atoms with Gasteiger partial charge >= 0.3 is 6.03 Å². The summed E-state index contributed by atoms with van der Waals surface area (Å²) in [5.74, 6) is 1.53. The predicted molar refractivity (Wildman–Crippen MR) is 287 cm³/mol. The molecular weight excluding hydrogens is 1010 g/mol. The molecular formula is C60H55BrF2N4O7. The van der Waals surface area contributed by atoms with E-state index < -0.39 is 10.8 Å². The molecule has 0 radical (unpaired) electrons. The van der Waals surface area contributed by atoms with Gasteiger partial charge in [0.05, 0.1) is 21.9 Å². The van der Waals surface area contributed by atoms with Crippen LogP contribution in [0.1, 0.15) is 62.8 Å². The third kappa shape index (κ3) is 12.6. The maximum absolute atomic E-state index is 13.2. The first-order valence-electron chi connectivity index (χ1n) is 23.4. The summed E-state index contributed by atoms with van der Waals surface area (Å²) < 4.78 is 39.4. The summed E-state index contributed by atoms with van der Waals surface area (Å²) in [6.45, 7) is 0. The molecule has 0 saturated heterocycles. The number of nitrogens with zero attached hydrogens (tertiary/aromatic N) is 2. The number of aromatic nitrogens is 2. The van der Waals surface area contributed by atoms with Crippen molar-refractivity contribution in [1.29, 1.82) is 0 Å². The molecule has 6 aromatic carbocycles. The molecule has 378 valence electrons. The number of carbonyl (C=O) groups excluding carboxylic acids is 5. The van der Waals surface area contributed by atoms with Crippen LogP contribution in [0, 0.1) is 22.5 Å². The topological polar surface area (TPSA) is 154 Å². The fourth-order valence-corrected chi connectivity index (χ4v) is 8.92. The number of halogens is 3. The van der Waals surface area contributed by atoms with Gasteiger partial charge in [-0.05, 0) is 145 Å². The lowest BCUT2D eigenvalue weighted by Crippen LogP contribution is -2.28. The molecule has 0 atom stereocenters. The first kappa shape index (κ1) is 53.8. The smallest absolute Gasteiger partial charge is 0.318 e. The largest absolute Gasteiger partial charge is 0.457 e. The molecule has 2 fully saturated rings. The molecule has 11 nitrogen and oxygen atoms in total. The molecule has 0 bridgehead atoms. The highest BCUT2D eigenvalue weighted by molar-refractivity contribution is 9.10. The number of hydrogen-bond acceptors (Lipinski definition) is 9. The van der Waals surface area contributed by atoms with Crippen LogP contribution in [-0.4, -0.2) is 46.2 Å². The number of nitrogens with one attached hydrogen (secondary N) is 2. The van der Waals surface area contributed by atoms with E-state index >= 15 is 0 Å². The number of pyridine rings is 2. The van der Waals surface area contributed by atoms with Gasteiger partial charge in [0, 0.05) is 66.1 Å². The van der Waals surface area contributed by atoms with Crippen molar-refractivity contribution in [2.45, 2.75) is 66.2 Å². The van der Waals surface area contributed by atoms with Crippen LogP contribution in [0.3, 0.4) is 0 Å². The number of ether oxygens (including phenoxy) is 2. The van der Waals surface area contributed by atoms with Gasteiger partial charge in [-0.3, -0.25) is 29.1 Å². The zero-order valence-electron chi connectivity index (χ0n) is 39.1. The highest BCUT2D eigenvalue weighted by Gasteiger charge is 2.55. The number of rotatable bonds is 17. The number of ketones is 4. The predicted octanol–water partition coefficient (Wildman–Crippen LogP) is 13.5. The van der Waals surface area contributed by atoms with Crippen LogP contribution < -0.4 is 20.1 Å². The third-order valence-electron chi connectivity index (χ3n) is 13.1. The van der Waals surface area contributed by atoms with E-state index in [1.807, 2.05) is 66.7 Å². The Kier molecular flexibility index (Phi) is 16.9. The molecule has 2 saturated carbocycles. The van der Waals surface area contributed by atoms with Gasteiger partial charge in [-0.2, -0.15) is 0 Å². The molecule has 0 spiro atoms. The van der Waals surface area contributed by atoms with Crippen LogP contribution in [0.4, 0.5) is 19.3 Å². The van der Waals surface area contributed by atoms with Crippen molar-refractivity contribution in [1.82, 2.24) is 15.3 Å². The average Bonchev–Trinajstić information content (AvgIpc) is 4.33. The van der Waals surface area contributed by atoms with E-state index in [0.29, 0.717) is 65.4 Å². The molecule has 0 unspecified atom stereocenters. The molecule has 2 aromatic heterocycles. The maximum atomic E-state index is 13.2. The third-order valence-corrected chi connectivity index (χ3v) is 13.6. The normalized spacial score (nSPS) is 13.4. The lowest BCUT2D eigenvalue weighted by atomic mass is 9.88. The second-order valence-electron chi connectivity index (χ2n) is 18.0. The monoisotopic (exact) mass is 1060 g/mol. The van der Waals surface area contributed by atoms with Gasteiger partial charge < -0.3 is 20.1 Å². The van der Waals surface area contributed by atoms with Gasteiger partial charge in [-0.25, -0.2) is 13.6 Å². The van der Waals surface area contributed by atoms with E-state index in [9.17, 15) is 32.8 Å². The van der Waals surface area contributed by atoms with Crippen molar-refractivity contribution < 1.29 is 42.2 Å². The fraction of sp³-hybridized carbons (Fsp3) is 0.217. The van der Waals surface area contributed by atoms with Gasteiger partial charge in [-0.1, -0.05) is 79.3 Å². The van der Waals surface area contributed by atoms with Crippen molar-refractivity contribution in [3.05, 3.63) is 196 Å². The first-order valence-corrected chi connectivity index (χ1v) is 24.2. The number of anilines is 1. The molecule has 2 aliphatic rings. The molecule has 14 heteroatoms. The summed E-state index contributed by atoms with van der Waals surface area (Å²) >= 11 is 3.45. The number of carbonyl (C=O) groups is 5. The Morgan fingerprint density at radius 1 is 0.514 bits per heavy atom. The van der Waals surface area contributed by atoms with E-state index in [4.69, 9.17) is 9.47 Å². The van der Waals surface area contributed by atoms with Gasteiger partial charge in [-0.15, -0.1) is 0 Å². The van der Waals surface area contributed by atoms with Gasteiger partial charge in [0.15, 0.2) is 23.1 Å². The Morgan fingerprint density at radius 2 is 0.878 bits per heavy atom. The molecule has 2 heterocycles. The van der Waals surface area contributed by atoms with Gasteiger partial charge in [0.25, 0.3) is 0 Å². The molecule has 2 amide bonds. The van der Waals surface area contributed by atoms with E-state index in [1.165, 1.54) is 24.3 Å². The van der Waals surface area contributed by atoms with Crippen molar-refractivity contribution in [2.75, 3.05) is 12.4 Å². The molecule has 0 aliphatic heterocycles. The molecule has 2 N–H and O–H groups in total. The minimum atomic E-state index is -0.926. The van der Waals surface area contributed by atoms with Gasteiger partial charge in [0.1, 0.15) is 34.6 Å². The number of amides is 2. The quantitative estimate of drug-likeness (QED) is 0.0848. The number of hydrogen-bond donors (Lipinski definition) is 2. The Balaban J connectivity index is 0.000000212. The second-order valence-corrected chi connectivity index (χ2v) is 18.9. The molecule has 8 aromatic rings. The second kappa shape index (κ2) is 23.3. The van der Waals surface area contributed by atoms with Gasteiger partial charge in [0.2, 0.25) is 0 Å². The summed E-state index contributed by atoms with van der Waals surface area (Å²) in [6.07, 6.45) is 6.25. The van der Waals surface area contributed by atoms with Crippen molar-refractivity contribution in [3.8, 4) is 23.0 Å². The minimum Gasteiger partial charge on any atom is -0.457 e. The number of Topliss-reactive ketones (excluding diaryl/α,β-unsaturated/α-hetero) is 4. The van der Waals surface area contributed by atoms with E-state index in [0.717, 1.165) is 37.5 Å². The van der Waals surface area contributed by atoms with Crippen LogP contribution in [-0.2, 0) is 44.9 Å². The first-order chi connectivity index (χ1) is 34.8. The van der Waals surface area contributed by atoms with Crippen molar-refractivity contribution in [2.24, 2.45) is 10.8 Å². The number of urea groups is 1. The average molecular weight is 1060 g/mol. The summed E-state index contributed by atoms with van der Waals surface area (Å²) in [4.78, 5) is 72.2. The number of fused-ring (bicyclic) bond motifs is 2. The SMILES string of the molecule is C.C.CNC(=O)Nc1ccc2c(Oc3ccc(CC(=O)C4(C(=O)Cc5ccc(F)cc5)CC4)cc3)ccnc2c1.O=C(Cc1ccc(F)cc1)C1(C(=O)Cc2ccc(Oc3ccnc4cc(Br)ccc34)cc2)CC1. The van der Waals surface area contributed by atoms with Crippen molar-refractivity contribution in [3.63, 3.8) is 0 Å². The Hall–Kier alpha value is -7.97. The summed E-state index contributed by atoms with van der Waals surface area (Å²) in [5, 5.41) is 6.91. The highest BCUT2D eigenvalue weighted by Crippen LogP contribution is 2.50. The Bertz CT molecular complexity index is 3340. The van der Waals surface area contributed by atoms with Crippen LogP contribution in [0.5, 0.6) is 23.0 Å². The standard InChI is InChI=1S/C30H26FN3O4.C28H21BrFNO3.2CH4/c1-32-29(37)34-22-8-11-24-25(18-22)33-15-12-26(24)38-23-9-4-20(5-10-23)17-28(36)30(13-14-30)27(35)16-19-2-6-21(31)7-3-19;29-20-5-10-23-24(17-20)31-14-11-25(23)34-22-8-3-19(4-9-22)16-27(33)28(12-13-28)26(32)15-18-1-6-21(30)7-2-18;;/h2-12,15,18H,13-14,16-17H2,1H3,(H2,32,34,37);1-11,14,17H,12-13,15-16H2;2*1H4. The van der Waals surface area contributed by atoms with Crippen LogP contribution >= 0.6 is 15.9 Å². The summed E-state index contributed by atoms with van der Waals surface area (Å²) in [5.41, 5.74) is 3.35. The van der Waals surface area contributed by atoms with Crippen LogP contribution in [0.15, 0.2) is 162 Å². The maximum Gasteiger partial charge on any atom is 0.318 e. The van der Waals surface area contributed by atoms with E-state index in [-0.39, 0.29) is 81.3 Å². The molecule has 74 heavy (non-hydrogen) atoms.